The van der Waals surface area contributed by atoms with E-state index in [-0.39, 0.29) is 23.5 Å². The fraction of sp³-hybridized carbons (Fsp3) is 0.875. The molecule has 1 aliphatic rings. The van der Waals surface area contributed by atoms with Crippen LogP contribution >= 0.6 is 0 Å². The molecule has 24 heavy (non-hydrogen) atoms. The van der Waals surface area contributed by atoms with Crippen LogP contribution in [-0.2, 0) is 19.6 Å². The quantitative estimate of drug-likeness (QED) is 0.646. The van der Waals surface area contributed by atoms with E-state index in [1.807, 2.05) is 13.8 Å². The highest BCUT2D eigenvalue weighted by atomic mass is 32.2. The molecule has 0 spiro atoms. The monoisotopic (exact) mass is 362 g/mol. The molecule has 1 heterocycles. The number of carbonyl (C=O) groups is 2. The third-order valence-corrected chi connectivity index (χ3v) is 6.71. The third-order valence-electron chi connectivity index (χ3n) is 4.75. The molecule has 140 valence electrons. The minimum absolute atomic E-state index is 0.148. The van der Waals surface area contributed by atoms with Gasteiger partial charge in [-0.2, -0.15) is 0 Å². The van der Waals surface area contributed by atoms with Gasteiger partial charge in [0.2, 0.25) is 15.9 Å². The first-order valence-corrected chi connectivity index (χ1v) is 10.3. The summed E-state index contributed by atoms with van der Waals surface area (Å²) in [5.74, 6) is -1.64. The lowest BCUT2D eigenvalue weighted by Gasteiger charge is -2.31. The maximum Gasteiger partial charge on any atom is 0.326 e. The number of hydrogen-bond donors (Lipinski definition) is 2. The van der Waals surface area contributed by atoms with Crippen molar-refractivity contribution >= 4 is 21.9 Å². The normalized spacial score (nSPS) is 19.6. The lowest BCUT2D eigenvalue weighted by molar-refractivity contribution is -0.144. The molecule has 2 N–H and O–H groups in total. The molecule has 0 bridgehead atoms. The van der Waals surface area contributed by atoms with Crippen molar-refractivity contribution in [1.29, 1.82) is 0 Å². The molecule has 1 aliphatic heterocycles. The lowest BCUT2D eigenvalue weighted by Crippen LogP contribution is -2.49. The molecular formula is C16H30N2O5S. The summed E-state index contributed by atoms with van der Waals surface area (Å²) in [4.78, 5) is 23.6. The number of nitrogens with zero attached hydrogens (tertiary/aromatic N) is 1. The van der Waals surface area contributed by atoms with E-state index in [0.29, 0.717) is 38.8 Å². The number of unbranched alkanes of at least 4 members (excludes halogenated alkanes) is 1. The van der Waals surface area contributed by atoms with Crippen LogP contribution in [0.15, 0.2) is 0 Å². The predicted octanol–water partition coefficient (Wildman–Crippen LogP) is 1.44. The Hall–Kier alpha value is -1.15. The minimum Gasteiger partial charge on any atom is -0.480 e. The zero-order chi connectivity index (χ0) is 18.3. The number of aliphatic carboxylic acids is 1. The summed E-state index contributed by atoms with van der Waals surface area (Å²) in [6.45, 7) is 6.27. The molecule has 0 aromatic heterocycles. The first-order chi connectivity index (χ1) is 11.2. The Balaban J connectivity index is 2.58. The first-order valence-electron chi connectivity index (χ1n) is 8.73. The summed E-state index contributed by atoms with van der Waals surface area (Å²) in [7, 11) is -3.24. The molecular weight excluding hydrogens is 332 g/mol. The van der Waals surface area contributed by atoms with Crippen molar-refractivity contribution in [2.75, 3.05) is 18.8 Å². The maximum absolute atomic E-state index is 12.3. The van der Waals surface area contributed by atoms with Crippen LogP contribution in [0.3, 0.4) is 0 Å². The second-order valence-electron chi connectivity index (χ2n) is 6.55. The maximum atomic E-state index is 12.3. The van der Waals surface area contributed by atoms with E-state index < -0.39 is 22.0 Å². The van der Waals surface area contributed by atoms with E-state index in [1.54, 1.807) is 6.92 Å². The molecule has 1 amide bonds. The molecule has 8 heteroatoms. The van der Waals surface area contributed by atoms with Crippen molar-refractivity contribution < 1.29 is 23.1 Å². The van der Waals surface area contributed by atoms with Gasteiger partial charge in [-0.1, -0.05) is 33.6 Å². The van der Waals surface area contributed by atoms with Gasteiger partial charge in [0.25, 0.3) is 0 Å². The number of sulfonamides is 1. The highest BCUT2D eigenvalue weighted by Crippen LogP contribution is 2.21. The van der Waals surface area contributed by atoms with E-state index in [1.165, 1.54) is 4.31 Å². The second kappa shape index (κ2) is 9.36. The second-order valence-corrected chi connectivity index (χ2v) is 8.64. The number of nitrogens with one attached hydrogen (secondary N) is 1. The van der Waals surface area contributed by atoms with Gasteiger partial charge in [0.1, 0.15) is 6.04 Å². The first kappa shape index (κ1) is 20.9. The van der Waals surface area contributed by atoms with E-state index in [9.17, 15) is 23.1 Å². The van der Waals surface area contributed by atoms with Crippen molar-refractivity contribution in [2.45, 2.75) is 58.9 Å². The molecule has 1 fully saturated rings. The predicted molar refractivity (Wildman–Crippen MR) is 92.0 cm³/mol. The molecule has 2 atom stereocenters. The van der Waals surface area contributed by atoms with Crippen LogP contribution in [-0.4, -0.2) is 54.6 Å². The summed E-state index contributed by atoms with van der Waals surface area (Å²) in [5, 5.41) is 11.9. The Bertz CT molecular complexity index is 527. The van der Waals surface area contributed by atoms with E-state index in [2.05, 4.69) is 5.32 Å². The van der Waals surface area contributed by atoms with Crippen LogP contribution in [0.25, 0.3) is 0 Å². The zero-order valence-electron chi connectivity index (χ0n) is 14.8. The summed E-state index contributed by atoms with van der Waals surface area (Å²) in [6, 6.07) is -0.895. The van der Waals surface area contributed by atoms with Crippen LogP contribution in [0.5, 0.6) is 0 Å². The van der Waals surface area contributed by atoms with Crippen LogP contribution in [0.2, 0.25) is 0 Å². The van der Waals surface area contributed by atoms with Gasteiger partial charge in [-0.05, 0) is 25.2 Å². The van der Waals surface area contributed by atoms with E-state index >= 15 is 0 Å². The number of carboxylic acids is 1. The molecule has 0 saturated carbocycles. The van der Waals surface area contributed by atoms with E-state index in [0.717, 1.165) is 6.42 Å². The van der Waals surface area contributed by atoms with Crippen molar-refractivity contribution in [3.63, 3.8) is 0 Å². The van der Waals surface area contributed by atoms with Gasteiger partial charge in [-0.15, -0.1) is 0 Å². The topological polar surface area (TPSA) is 104 Å². The van der Waals surface area contributed by atoms with Crippen molar-refractivity contribution in [2.24, 2.45) is 11.8 Å². The van der Waals surface area contributed by atoms with Crippen LogP contribution < -0.4 is 5.32 Å². The SMILES string of the molecule is CCCCS(=O)(=O)N1CCC(C(=O)N[C@H](C(=O)O)[C@@H](C)CC)CC1. The van der Waals surface area contributed by atoms with Crippen LogP contribution in [0, 0.1) is 11.8 Å². The van der Waals surface area contributed by atoms with Crippen LogP contribution in [0.1, 0.15) is 52.9 Å². The summed E-state index contributed by atoms with van der Waals surface area (Å²) in [6.07, 6.45) is 2.99. The van der Waals surface area contributed by atoms with Gasteiger partial charge in [-0.3, -0.25) is 4.79 Å². The van der Waals surface area contributed by atoms with Gasteiger partial charge < -0.3 is 10.4 Å². The summed E-state index contributed by atoms with van der Waals surface area (Å²) in [5.41, 5.74) is 0. The standard InChI is InChI=1S/C16H30N2O5S/c1-4-6-11-24(22,23)18-9-7-13(8-10-18)15(19)17-14(16(20)21)12(3)5-2/h12-14H,4-11H2,1-3H3,(H,17,19)(H,20,21)/t12-,14-/m0/s1. The molecule has 1 saturated heterocycles. The Morgan fingerprint density at radius 2 is 1.83 bits per heavy atom. The van der Waals surface area contributed by atoms with Gasteiger partial charge in [-0.25, -0.2) is 17.5 Å². The van der Waals surface area contributed by atoms with E-state index in [4.69, 9.17) is 0 Å². The average Bonchev–Trinajstić information content (AvgIpc) is 2.56. The fourth-order valence-electron chi connectivity index (χ4n) is 2.81. The van der Waals surface area contributed by atoms with Crippen molar-refractivity contribution in [1.82, 2.24) is 9.62 Å². The Kier molecular flexibility index (Phi) is 8.15. The molecule has 0 aromatic rings. The average molecular weight is 362 g/mol. The third kappa shape index (κ3) is 5.73. The fourth-order valence-corrected chi connectivity index (χ4v) is 4.49. The number of hydrogen-bond acceptors (Lipinski definition) is 4. The largest absolute Gasteiger partial charge is 0.480 e. The van der Waals surface area contributed by atoms with Gasteiger partial charge >= 0.3 is 5.97 Å². The smallest absolute Gasteiger partial charge is 0.326 e. The summed E-state index contributed by atoms with van der Waals surface area (Å²) < 4.78 is 25.8. The summed E-state index contributed by atoms with van der Waals surface area (Å²) >= 11 is 0. The number of rotatable bonds is 9. The zero-order valence-corrected chi connectivity index (χ0v) is 15.6. The Morgan fingerprint density at radius 3 is 2.29 bits per heavy atom. The minimum atomic E-state index is -3.24. The number of amides is 1. The van der Waals surface area contributed by atoms with Crippen LogP contribution in [0.4, 0.5) is 0 Å². The van der Waals surface area contributed by atoms with Crippen molar-refractivity contribution in [3.8, 4) is 0 Å². The Morgan fingerprint density at radius 1 is 1.25 bits per heavy atom. The number of carbonyl (C=O) groups excluding carboxylic acids is 1. The number of piperidine rings is 1. The van der Waals surface area contributed by atoms with Gasteiger partial charge in [0.15, 0.2) is 0 Å². The molecule has 0 unspecified atom stereocenters. The lowest BCUT2D eigenvalue weighted by atomic mass is 9.94. The highest BCUT2D eigenvalue weighted by Gasteiger charge is 2.33. The molecule has 0 aromatic carbocycles. The van der Waals surface area contributed by atoms with Crippen molar-refractivity contribution in [3.05, 3.63) is 0 Å². The van der Waals surface area contributed by atoms with Gasteiger partial charge in [0.05, 0.1) is 5.75 Å². The molecule has 0 aliphatic carbocycles. The Labute approximate surface area is 144 Å². The highest BCUT2D eigenvalue weighted by molar-refractivity contribution is 7.89. The van der Waals surface area contributed by atoms with Gasteiger partial charge in [0, 0.05) is 19.0 Å². The number of carboxylic acid groups (broad SMARTS) is 1. The molecule has 0 radical (unpaired) electrons. The molecule has 1 rings (SSSR count). The molecule has 7 nitrogen and oxygen atoms in total.